The van der Waals surface area contributed by atoms with Crippen molar-refractivity contribution < 1.29 is 4.42 Å². The number of fused-ring (bicyclic) bond motifs is 1. The normalized spacial score (nSPS) is 10.3. The second-order valence-corrected chi connectivity index (χ2v) is 5.06. The Kier molecular flexibility index (Phi) is 3.28. The van der Waals surface area contributed by atoms with Crippen molar-refractivity contribution in [1.29, 1.82) is 5.26 Å². The third kappa shape index (κ3) is 2.31. The molecule has 3 rings (SSSR count). The van der Waals surface area contributed by atoms with Gasteiger partial charge in [0.05, 0.1) is 5.56 Å². The Balaban J connectivity index is 2.19. The van der Waals surface area contributed by atoms with E-state index in [-0.39, 0.29) is 5.63 Å². The lowest BCUT2D eigenvalue weighted by Crippen LogP contribution is -2.02. The summed E-state index contributed by atoms with van der Waals surface area (Å²) in [5.41, 5.74) is 1.50. The molecule has 0 aliphatic carbocycles. The van der Waals surface area contributed by atoms with Crippen LogP contribution in [0.4, 0.5) is 0 Å². The van der Waals surface area contributed by atoms with Gasteiger partial charge in [0.25, 0.3) is 0 Å². The van der Waals surface area contributed by atoms with Gasteiger partial charge in [-0.1, -0.05) is 36.4 Å². The maximum Gasteiger partial charge on any atom is 0.344 e. The minimum absolute atomic E-state index is 0.372. The molecule has 0 saturated carbocycles. The van der Waals surface area contributed by atoms with Crippen molar-refractivity contribution in [2.24, 2.45) is 0 Å². The highest BCUT2D eigenvalue weighted by atomic mass is 32.2. The Morgan fingerprint density at radius 1 is 1.05 bits per heavy atom. The van der Waals surface area contributed by atoms with Crippen molar-refractivity contribution in [3.63, 3.8) is 0 Å². The SMILES string of the molecule is N#CSc1ccc2cc(-c3ccccc3)c(=O)oc2c1. The molecule has 20 heavy (non-hydrogen) atoms. The van der Waals surface area contributed by atoms with Crippen molar-refractivity contribution in [2.75, 3.05) is 0 Å². The number of thiocyanates is 1. The predicted octanol–water partition coefficient (Wildman–Crippen LogP) is 4.03. The van der Waals surface area contributed by atoms with E-state index in [1.165, 1.54) is 0 Å². The molecular formula is C16H9NO2S. The summed E-state index contributed by atoms with van der Waals surface area (Å²) < 4.78 is 5.36. The van der Waals surface area contributed by atoms with Crippen LogP contribution in [-0.2, 0) is 0 Å². The summed E-state index contributed by atoms with van der Waals surface area (Å²) in [6.45, 7) is 0. The zero-order valence-corrected chi connectivity index (χ0v) is 11.2. The smallest absolute Gasteiger partial charge is 0.344 e. The summed E-state index contributed by atoms with van der Waals surface area (Å²) in [7, 11) is 0. The van der Waals surface area contributed by atoms with Crippen LogP contribution in [0.1, 0.15) is 0 Å². The molecule has 0 atom stereocenters. The van der Waals surface area contributed by atoms with E-state index < -0.39 is 0 Å². The topological polar surface area (TPSA) is 54.0 Å². The summed E-state index contributed by atoms with van der Waals surface area (Å²) in [5, 5.41) is 11.5. The van der Waals surface area contributed by atoms with E-state index >= 15 is 0 Å². The summed E-state index contributed by atoms with van der Waals surface area (Å²) in [6, 6.07) is 16.6. The second kappa shape index (κ2) is 5.24. The number of hydrogen-bond acceptors (Lipinski definition) is 4. The van der Waals surface area contributed by atoms with Crippen LogP contribution in [0.15, 0.2) is 68.7 Å². The molecule has 0 N–H and O–H groups in total. The van der Waals surface area contributed by atoms with E-state index in [0.29, 0.717) is 11.1 Å². The molecule has 0 spiro atoms. The minimum Gasteiger partial charge on any atom is -0.422 e. The van der Waals surface area contributed by atoms with Crippen molar-refractivity contribution in [3.8, 4) is 16.5 Å². The van der Waals surface area contributed by atoms with Crippen LogP contribution >= 0.6 is 11.8 Å². The summed E-state index contributed by atoms with van der Waals surface area (Å²) in [6.07, 6.45) is 0. The van der Waals surface area contributed by atoms with Gasteiger partial charge in [0.15, 0.2) is 0 Å². The van der Waals surface area contributed by atoms with Gasteiger partial charge in [-0.05, 0) is 35.5 Å². The Morgan fingerprint density at radius 2 is 1.85 bits per heavy atom. The molecule has 3 nitrogen and oxygen atoms in total. The van der Waals surface area contributed by atoms with Crippen molar-refractivity contribution >= 4 is 22.7 Å². The molecule has 0 amide bonds. The number of nitrogens with zero attached hydrogens (tertiary/aromatic N) is 1. The first-order chi connectivity index (χ1) is 9.78. The van der Waals surface area contributed by atoms with Gasteiger partial charge >= 0.3 is 5.63 Å². The highest BCUT2D eigenvalue weighted by Crippen LogP contribution is 2.25. The summed E-state index contributed by atoms with van der Waals surface area (Å²) >= 11 is 1.04. The van der Waals surface area contributed by atoms with Crippen LogP contribution in [-0.4, -0.2) is 0 Å². The number of nitriles is 1. The summed E-state index contributed by atoms with van der Waals surface area (Å²) in [4.78, 5) is 12.8. The monoisotopic (exact) mass is 279 g/mol. The fraction of sp³-hybridized carbons (Fsp3) is 0. The first-order valence-corrected chi connectivity index (χ1v) is 6.79. The van der Waals surface area contributed by atoms with Crippen LogP contribution in [0.25, 0.3) is 22.1 Å². The minimum atomic E-state index is -0.372. The Morgan fingerprint density at radius 3 is 2.60 bits per heavy atom. The first kappa shape index (κ1) is 12.5. The van der Waals surface area contributed by atoms with Gasteiger partial charge in [0, 0.05) is 10.3 Å². The zero-order chi connectivity index (χ0) is 13.9. The molecule has 0 aliphatic rings. The van der Waals surface area contributed by atoms with Crippen LogP contribution in [0.2, 0.25) is 0 Å². The fourth-order valence-electron chi connectivity index (χ4n) is 2.03. The van der Waals surface area contributed by atoms with E-state index in [0.717, 1.165) is 27.6 Å². The molecule has 0 saturated heterocycles. The van der Waals surface area contributed by atoms with Gasteiger partial charge < -0.3 is 4.42 Å². The third-order valence-corrected chi connectivity index (χ3v) is 3.54. The highest BCUT2D eigenvalue weighted by Gasteiger charge is 2.08. The Hall–Kier alpha value is -2.51. The Bertz CT molecular complexity index is 863. The maximum absolute atomic E-state index is 12.1. The van der Waals surface area contributed by atoms with Crippen LogP contribution in [0.3, 0.4) is 0 Å². The van der Waals surface area contributed by atoms with Gasteiger partial charge in [0.2, 0.25) is 0 Å². The van der Waals surface area contributed by atoms with Crippen molar-refractivity contribution in [3.05, 3.63) is 65.0 Å². The van der Waals surface area contributed by atoms with E-state index in [9.17, 15) is 4.79 Å². The van der Waals surface area contributed by atoms with Gasteiger partial charge in [0.1, 0.15) is 11.0 Å². The molecule has 4 heteroatoms. The van der Waals surface area contributed by atoms with Gasteiger partial charge in [-0.25, -0.2) is 4.79 Å². The van der Waals surface area contributed by atoms with E-state index in [2.05, 4.69) is 0 Å². The van der Waals surface area contributed by atoms with Crippen LogP contribution in [0, 0.1) is 10.7 Å². The van der Waals surface area contributed by atoms with E-state index in [1.807, 2.05) is 53.9 Å². The molecule has 1 heterocycles. The number of thioether (sulfide) groups is 1. The molecule has 1 aromatic heterocycles. The lowest BCUT2D eigenvalue weighted by atomic mass is 10.1. The number of benzene rings is 2. The average molecular weight is 279 g/mol. The van der Waals surface area contributed by atoms with Crippen molar-refractivity contribution in [2.45, 2.75) is 4.90 Å². The standard InChI is InChI=1S/C16H9NO2S/c17-10-20-13-7-6-12-8-14(11-4-2-1-3-5-11)16(18)19-15(12)9-13/h1-9H. The molecule has 0 fully saturated rings. The van der Waals surface area contributed by atoms with Crippen molar-refractivity contribution in [1.82, 2.24) is 0 Å². The average Bonchev–Trinajstić information content (AvgIpc) is 2.48. The molecule has 96 valence electrons. The van der Waals surface area contributed by atoms with Gasteiger partial charge in [-0.3, -0.25) is 0 Å². The molecule has 0 bridgehead atoms. The lowest BCUT2D eigenvalue weighted by molar-refractivity contribution is 0.562. The molecule has 0 radical (unpaired) electrons. The first-order valence-electron chi connectivity index (χ1n) is 5.97. The quantitative estimate of drug-likeness (QED) is 0.403. The highest BCUT2D eigenvalue weighted by molar-refractivity contribution is 8.03. The van der Waals surface area contributed by atoms with E-state index in [1.54, 1.807) is 6.07 Å². The molecule has 0 aliphatic heterocycles. The molecule has 0 unspecified atom stereocenters. The predicted molar refractivity (Wildman–Crippen MR) is 79.4 cm³/mol. The molecular weight excluding hydrogens is 270 g/mol. The number of rotatable bonds is 2. The Labute approximate surface area is 119 Å². The van der Waals surface area contributed by atoms with Gasteiger partial charge in [-0.2, -0.15) is 5.26 Å². The zero-order valence-electron chi connectivity index (χ0n) is 10.4. The maximum atomic E-state index is 12.1. The largest absolute Gasteiger partial charge is 0.422 e. The number of hydrogen-bond donors (Lipinski definition) is 0. The summed E-state index contributed by atoms with van der Waals surface area (Å²) in [5.74, 6) is 0. The van der Waals surface area contributed by atoms with Gasteiger partial charge in [-0.15, -0.1) is 0 Å². The second-order valence-electron chi connectivity index (χ2n) is 4.21. The fourth-order valence-corrected chi connectivity index (χ4v) is 2.43. The van der Waals surface area contributed by atoms with Crippen LogP contribution in [0.5, 0.6) is 0 Å². The van der Waals surface area contributed by atoms with Crippen LogP contribution < -0.4 is 5.63 Å². The third-order valence-electron chi connectivity index (χ3n) is 2.96. The molecule has 2 aromatic carbocycles. The lowest BCUT2D eigenvalue weighted by Gasteiger charge is -2.03. The van der Waals surface area contributed by atoms with E-state index in [4.69, 9.17) is 9.68 Å². The molecule has 3 aromatic rings.